The Bertz CT molecular complexity index is 262. The van der Waals surface area contributed by atoms with E-state index in [0.29, 0.717) is 6.04 Å². The smallest absolute Gasteiger partial charge is 0.0320 e. The molecule has 0 amide bonds. The van der Waals surface area contributed by atoms with Crippen LogP contribution in [0.3, 0.4) is 0 Å². The average molecular weight is 212 g/mol. The second-order valence-corrected chi connectivity index (χ2v) is 3.91. The summed E-state index contributed by atoms with van der Waals surface area (Å²) in [6.07, 6.45) is 4.00. The summed E-state index contributed by atoms with van der Waals surface area (Å²) in [5, 5.41) is 3.55. The lowest BCUT2D eigenvalue weighted by molar-refractivity contribution is 0.412. The van der Waals surface area contributed by atoms with Crippen molar-refractivity contribution in [3.8, 4) is 0 Å². The molecule has 0 spiro atoms. The Balaban J connectivity index is 0.000000980. The Labute approximate surface area is 92.3 Å². The highest BCUT2D eigenvalue weighted by atomic mass is 35.5. The second-order valence-electron chi connectivity index (χ2n) is 3.91. The number of aryl methyl sites for hydroxylation is 1. The zero-order valence-corrected chi connectivity index (χ0v) is 9.44. The van der Waals surface area contributed by atoms with Crippen molar-refractivity contribution in [2.75, 3.05) is 6.54 Å². The summed E-state index contributed by atoms with van der Waals surface area (Å²) in [5.41, 5.74) is 2.80. The van der Waals surface area contributed by atoms with Crippen LogP contribution in [0.5, 0.6) is 0 Å². The van der Waals surface area contributed by atoms with Crippen LogP contribution in [0.25, 0.3) is 0 Å². The van der Waals surface area contributed by atoms with Crippen LogP contribution in [0.15, 0.2) is 24.3 Å². The summed E-state index contributed by atoms with van der Waals surface area (Å²) < 4.78 is 0. The Morgan fingerprint density at radius 3 is 2.43 bits per heavy atom. The molecule has 78 valence electrons. The number of nitrogens with one attached hydrogen (secondary N) is 1. The van der Waals surface area contributed by atoms with E-state index < -0.39 is 0 Å². The van der Waals surface area contributed by atoms with E-state index in [0.717, 1.165) is 0 Å². The zero-order chi connectivity index (χ0) is 9.10. The van der Waals surface area contributed by atoms with Crippen molar-refractivity contribution in [3.05, 3.63) is 35.4 Å². The summed E-state index contributed by atoms with van der Waals surface area (Å²) in [7, 11) is 0. The molecule has 1 fully saturated rings. The lowest BCUT2D eigenvalue weighted by Gasteiger charge is -2.23. The molecule has 1 atom stereocenters. The maximum absolute atomic E-state index is 3.55. The molecule has 0 aliphatic carbocycles. The standard InChI is InChI=1S/C12H17N.ClH/c1-10-5-7-11(8-6-10)12-4-2-3-9-13-12;/h5-8,12-13H,2-4,9H2,1H3;1H/t12-;/m0./s1. The Morgan fingerprint density at radius 1 is 1.14 bits per heavy atom. The quantitative estimate of drug-likeness (QED) is 0.752. The van der Waals surface area contributed by atoms with E-state index in [4.69, 9.17) is 0 Å². The summed E-state index contributed by atoms with van der Waals surface area (Å²) in [6, 6.07) is 9.50. The lowest BCUT2D eigenvalue weighted by Crippen LogP contribution is -2.26. The SMILES string of the molecule is Cc1ccc([C@@H]2CCCCN2)cc1.Cl. The minimum Gasteiger partial charge on any atom is -0.310 e. The molecule has 1 aliphatic heterocycles. The van der Waals surface area contributed by atoms with Gasteiger partial charge in [-0.05, 0) is 31.9 Å². The molecule has 0 saturated carbocycles. The van der Waals surface area contributed by atoms with Gasteiger partial charge in [0.2, 0.25) is 0 Å². The molecule has 1 saturated heterocycles. The van der Waals surface area contributed by atoms with Crippen LogP contribution in [0, 0.1) is 6.92 Å². The average Bonchev–Trinajstić information content (AvgIpc) is 2.20. The Hall–Kier alpha value is -0.530. The fraction of sp³-hybridized carbons (Fsp3) is 0.500. The highest BCUT2D eigenvalue weighted by molar-refractivity contribution is 5.85. The lowest BCUT2D eigenvalue weighted by atomic mass is 9.97. The molecule has 1 heterocycles. The maximum Gasteiger partial charge on any atom is 0.0320 e. The van der Waals surface area contributed by atoms with Crippen molar-refractivity contribution < 1.29 is 0 Å². The van der Waals surface area contributed by atoms with Crippen molar-refractivity contribution in [1.29, 1.82) is 0 Å². The number of benzene rings is 1. The molecule has 0 bridgehead atoms. The number of hydrogen-bond acceptors (Lipinski definition) is 1. The minimum absolute atomic E-state index is 0. The Morgan fingerprint density at radius 2 is 1.86 bits per heavy atom. The van der Waals surface area contributed by atoms with E-state index in [1.807, 2.05) is 0 Å². The zero-order valence-electron chi connectivity index (χ0n) is 8.62. The monoisotopic (exact) mass is 211 g/mol. The van der Waals surface area contributed by atoms with E-state index in [1.54, 1.807) is 0 Å². The van der Waals surface area contributed by atoms with Crippen molar-refractivity contribution in [2.45, 2.75) is 32.2 Å². The van der Waals surface area contributed by atoms with E-state index in [-0.39, 0.29) is 12.4 Å². The van der Waals surface area contributed by atoms with Crippen molar-refractivity contribution >= 4 is 12.4 Å². The highest BCUT2D eigenvalue weighted by Gasteiger charge is 2.13. The first kappa shape index (κ1) is 11.5. The Kier molecular flexibility index (Phi) is 4.43. The van der Waals surface area contributed by atoms with Crippen LogP contribution < -0.4 is 5.32 Å². The third-order valence-electron chi connectivity index (χ3n) is 2.79. The molecule has 0 radical (unpaired) electrons. The molecule has 1 nitrogen and oxygen atoms in total. The number of hydrogen-bond donors (Lipinski definition) is 1. The fourth-order valence-electron chi connectivity index (χ4n) is 1.94. The van der Waals surface area contributed by atoms with E-state index in [9.17, 15) is 0 Å². The highest BCUT2D eigenvalue weighted by Crippen LogP contribution is 2.22. The van der Waals surface area contributed by atoms with Gasteiger partial charge in [0.1, 0.15) is 0 Å². The molecule has 14 heavy (non-hydrogen) atoms. The van der Waals surface area contributed by atoms with Gasteiger partial charge in [-0.15, -0.1) is 12.4 Å². The number of halogens is 1. The van der Waals surface area contributed by atoms with E-state index in [2.05, 4.69) is 36.5 Å². The fourth-order valence-corrected chi connectivity index (χ4v) is 1.94. The summed E-state index contributed by atoms with van der Waals surface area (Å²) in [4.78, 5) is 0. The minimum atomic E-state index is 0. The van der Waals surface area contributed by atoms with Gasteiger partial charge in [0.25, 0.3) is 0 Å². The molecular weight excluding hydrogens is 194 g/mol. The first-order valence-electron chi connectivity index (χ1n) is 5.16. The van der Waals surface area contributed by atoms with Gasteiger partial charge in [-0.25, -0.2) is 0 Å². The van der Waals surface area contributed by atoms with Gasteiger partial charge >= 0.3 is 0 Å². The van der Waals surface area contributed by atoms with Gasteiger partial charge in [-0.3, -0.25) is 0 Å². The molecule has 2 heteroatoms. The molecule has 1 aliphatic rings. The molecule has 1 N–H and O–H groups in total. The van der Waals surface area contributed by atoms with Crippen molar-refractivity contribution in [2.24, 2.45) is 0 Å². The third-order valence-corrected chi connectivity index (χ3v) is 2.79. The van der Waals surface area contributed by atoms with E-state index >= 15 is 0 Å². The van der Waals surface area contributed by atoms with Crippen LogP contribution in [0.4, 0.5) is 0 Å². The number of piperidine rings is 1. The van der Waals surface area contributed by atoms with Crippen LogP contribution >= 0.6 is 12.4 Å². The van der Waals surface area contributed by atoms with Gasteiger partial charge in [0.15, 0.2) is 0 Å². The maximum atomic E-state index is 3.55. The largest absolute Gasteiger partial charge is 0.310 e. The number of rotatable bonds is 1. The first-order chi connectivity index (χ1) is 6.36. The van der Waals surface area contributed by atoms with Crippen molar-refractivity contribution in [3.63, 3.8) is 0 Å². The molecule has 1 aromatic carbocycles. The van der Waals surface area contributed by atoms with Gasteiger partial charge < -0.3 is 5.32 Å². The molecule has 0 aromatic heterocycles. The topological polar surface area (TPSA) is 12.0 Å². The molecule has 0 unspecified atom stereocenters. The summed E-state index contributed by atoms with van der Waals surface area (Å²) >= 11 is 0. The van der Waals surface area contributed by atoms with Gasteiger partial charge in [-0.1, -0.05) is 36.2 Å². The first-order valence-corrected chi connectivity index (χ1v) is 5.16. The normalized spacial score (nSPS) is 21.4. The van der Waals surface area contributed by atoms with Crippen LogP contribution in [-0.4, -0.2) is 6.54 Å². The summed E-state index contributed by atoms with van der Waals surface area (Å²) in [6.45, 7) is 3.32. The van der Waals surface area contributed by atoms with Crippen LogP contribution in [0.1, 0.15) is 36.4 Å². The van der Waals surface area contributed by atoms with Crippen LogP contribution in [0.2, 0.25) is 0 Å². The van der Waals surface area contributed by atoms with Crippen molar-refractivity contribution in [1.82, 2.24) is 5.32 Å². The molecule has 2 rings (SSSR count). The van der Waals surface area contributed by atoms with Gasteiger partial charge in [0.05, 0.1) is 0 Å². The predicted molar refractivity (Wildman–Crippen MR) is 63.0 cm³/mol. The van der Waals surface area contributed by atoms with E-state index in [1.165, 1.54) is 36.9 Å². The van der Waals surface area contributed by atoms with Gasteiger partial charge in [-0.2, -0.15) is 0 Å². The second kappa shape index (κ2) is 5.38. The van der Waals surface area contributed by atoms with Gasteiger partial charge in [0, 0.05) is 6.04 Å². The summed E-state index contributed by atoms with van der Waals surface area (Å²) in [5.74, 6) is 0. The van der Waals surface area contributed by atoms with Crippen LogP contribution in [-0.2, 0) is 0 Å². The predicted octanol–water partition coefficient (Wildman–Crippen LogP) is 3.23. The molecule has 1 aromatic rings. The third kappa shape index (κ3) is 2.73. The molecular formula is C12H18ClN.